The van der Waals surface area contributed by atoms with Crippen molar-refractivity contribution in [1.29, 1.82) is 0 Å². The van der Waals surface area contributed by atoms with Crippen molar-refractivity contribution in [3.05, 3.63) is 42.0 Å². The molecule has 7 heteroatoms. The van der Waals surface area contributed by atoms with E-state index in [1.807, 2.05) is 11.8 Å². The number of amides is 1. The van der Waals surface area contributed by atoms with E-state index in [0.29, 0.717) is 6.61 Å². The zero-order chi connectivity index (χ0) is 19.3. The quantitative estimate of drug-likeness (QED) is 0.706. The first kappa shape index (κ1) is 17.8. The van der Waals surface area contributed by atoms with Gasteiger partial charge in [0.1, 0.15) is 0 Å². The number of ether oxygens (including phenoxy) is 1. The second-order valence-electron chi connectivity index (χ2n) is 7.52. The summed E-state index contributed by atoms with van der Waals surface area (Å²) >= 11 is -0.322. The molecule has 144 valence electrons. The van der Waals surface area contributed by atoms with Crippen LogP contribution < -0.4 is 24.7 Å². The molecule has 1 fully saturated rings. The van der Waals surface area contributed by atoms with Gasteiger partial charge in [0.15, 0.2) is 0 Å². The Bertz CT molecular complexity index is 986. The summed E-state index contributed by atoms with van der Waals surface area (Å²) in [6.45, 7) is 6.66. The molecule has 1 amide bonds. The van der Waals surface area contributed by atoms with Crippen molar-refractivity contribution in [3.8, 4) is 16.9 Å². The zero-order valence-electron chi connectivity index (χ0n) is 16.0. The number of rotatable bonds is 3. The number of carbonyl (C=O) groups is 1. The molecule has 1 saturated heterocycles. The van der Waals surface area contributed by atoms with Crippen molar-refractivity contribution in [1.82, 2.24) is 10.7 Å². The molecule has 0 bridgehead atoms. The number of hydrazone groups is 1. The van der Waals surface area contributed by atoms with Gasteiger partial charge in [0, 0.05) is 0 Å². The Hall–Kier alpha value is -2.30. The molecule has 3 heterocycles. The summed E-state index contributed by atoms with van der Waals surface area (Å²) in [6.07, 6.45) is 0. The Kier molecular flexibility index (Phi) is 4.41. The Morgan fingerprint density at radius 3 is 2.79 bits per heavy atom. The zero-order valence-corrected chi connectivity index (χ0v) is 18.0. The Labute approximate surface area is 171 Å². The third kappa shape index (κ3) is 2.92. The molecule has 0 aromatic heterocycles. The van der Waals surface area contributed by atoms with E-state index in [1.165, 1.54) is 21.0 Å². The summed E-state index contributed by atoms with van der Waals surface area (Å²) in [7, 11) is 0. The molecule has 3 aliphatic rings. The molecule has 0 saturated carbocycles. The van der Waals surface area contributed by atoms with Gasteiger partial charge in [0.2, 0.25) is 0 Å². The van der Waals surface area contributed by atoms with E-state index >= 15 is 0 Å². The van der Waals surface area contributed by atoms with Crippen LogP contribution in [-0.4, -0.2) is 53.2 Å². The molecular weight excluding hydrogens is 415 g/mol. The molecule has 2 aromatic carbocycles. The topological polar surface area (TPSA) is 66.0 Å². The van der Waals surface area contributed by atoms with Crippen molar-refractivity contribution in [2.45, 2.75) is 24.6 Å². The van der Waals surface area contributed by atoms with Crippen molar-refractivity contribution in [2.24, 2.45) is 5.10 Å². The van der Waals surface area contributed by atoms with Crippen LogP contribution in [0.1, 0.15) is 12.5 Å². The first-order valence-electron chi connectivity index (χ1n) is 9.61. The fraction of sp³-hybridized carbons (Fsp3) is 0.333. The summed E-state index contributed by atoms with van der Waals surface area (Å²) in [5.41, 5.74) is 7.38. The van der Waals surface area contributed by atoms with Crippen LogP contribution in [0.25, 0.3) is 11.1 Å². The summed E-state index contributed by atoms with van der Waals surface area (Å²) < 4.78 is 8.24. The summed E-state index contributed by atoms with van der Waals surface area (Å²) in [5, 5.41) is 7.61. The SMILES string of the molecule is Cc1ccccc1-c1cc2c(cc1[AsH]C1CNC1)N1C(=NNC(=O)C1C)CO2. The van der Waals surface area contributed by atoms with Crippen LogP contribution in [0.4, 0.5) is 5.69 Å². The normalized spacial score (nSPS) is 21.5. The van der Waals surface area contributed by atoms with Gasteiger partial charge >= 0.3 is 171 Å². The van der Waals surface area contributed by atoms with Crippen LogP contribution in [0.2, 0.25) is 4.71 Å². The molecule has 5 rings (SSSR count). The fourth-order valence-corrected chi connectivity index (χ4v) is 7.08. The maximum atomic E-state index is 12.2. The fourth-order valence-electron chi connectivity index (χ4n) is 3.90. The van der Waals surface area contributed by atoms with Gasteiger partial charge in [0.05, 0.1) is 0 Å². The Balaban J connectivity index is 1.65. The third-order valence-electron chi connectivity index (χ3n) is 5.63. The molecule has 0 radical (unpaired) electrons. The number of aryl methyl sites for hydroxylation is 1. The minimum absolute atomic E-state index is 0.0830. The van der Waals surface area contributed by atoms with Crippen LogP contribution in [0.5, 0.6) is 5.75 Å². The predicted octanol–water partition coefficient (Wildman–Crippen LogP) is 1.15. The number of nitrogens with one attached hydrogen (secondary N) is 2. The summed E-state index contributed by atoms with van der Waals surface area (Å²) in [6, 6.07) is 12.7. The Morgan fingerprint density at radius 1 is 1.21 bits per heavy atom. The Morgan fingerprint density at radius 2 is 2.04 bits per heavy atom. The predicted molar refractivity (Wildman–Crippen MR) is 113 cm³/mol. The molecule has 2 N–H and O–H groups in total. The van der Waals surface area contributed by atoms with Gasteiger partial charge < -0.3 is 0 Å². The van der Waals surface area contributed by atoms with Crippen molar-refractivity contribution in [2.75, 3.05) is 24.6 Å². The van der Waals surface area contributed by atoms with E-state index in [-0.39, 0.29) is 27.7 Å². The first-order chi connectivity index (χ1) is 13.6. The molecule has 2 atom stereocenters. The molecule has 6 nitrogen and oxygen atoms in total. The third-order valence-corrected chi connectivity index (χ3v) is 8.87. The molecule has 0 aliphatic carbocycles. The van der Waals surface area contributed by atoms with E-state index in [4.69, 9.17) is 4.74 Å². The standard InChI is InChI=1S/C21H23AsN4O2/c1-12-5-3-4-6-15(12)16-7-19-18(8-17(16)22-14-9-23-10-14)26-13(2)21(27)25-24-20(26)11-28-19/h3-8,13-14,22-23H,9-11H2,1-2H3,(H,25,27). The summed E-state index contributed by atoms with van der Waals surface area (Å²) in [4.78, 5) is 14.2. The molecular formula is C21H23AsN4O2. The number of carbonyl (C=O) groups excluding carboxylic acids is 1. The number of fused-ring (bicyclic) bond motifs is 3. The van der Waals surface area contributed by atoms with Gasteiger partial charge in [-0.2, -0.15) is 0 Å². The van der Waals surface area contributed by atoms with Crippen LogP contribution in [-0.2, 0) is 4.79 Å². The number of benzene rings is 2. The van der Waals surface area contributed by atoms with Gasteiger partial charge in [0.25, 0.3) is 0 Å². The van der Waals surface area contributed by atoms with Crippen LogP contribution >= 0.6 is 0 Å². The van der Waals surface area contributed by atoms with E-state index in [0.717, 1.165) is 35.1 Å². The monoisotopic (exact) mass is 438 g/mol. The number of hydrogen-bond acceptors (Lipinski definition) is 5. The second kappa shape index (κ2) is 6.94. The molecule has 28 heavy (non-hydrogen) atoms. The van der Waals surface area contributed by atoms with E-state index < -0.39 is 0 Å². The van der Waals surface area contributed by atoms with Gasteiger partial charge in [-0.1, -0.05) is 0 Å². The minimum atomic E-state index is -0.322. The number of nitrogens with zero attached hydrogens (tertiary/aromatic N) is 2. The van der Waals surface area contributed by atoms with Crippen LogP contribution in [0, 0.1) is 6.92 Å². The molecule has 0 spiro atoms. The van der Waals surface area contributed by atoms with Gasteiger partial charge in [-0.25, -0.2) is 0 Å². The number of amidine groups is 1. The van der Waals surface area contributed by atoms with Crippen molar-refractivity contribution >= 4 is 37.5 Å². The van der Waals surface area contributed by atoms with Crippen molar-refractivity contribution < 1.29 is 9.53 Å². The molecule has 3 aliphatic heterocycles. The molecule has 2 aromatic rings. The van der Waals surface area contributed by atoms with Gasteiger partial charge in [-0.15, -0.1) is 0 Å². The average Bonchev–Trinajstić information content (AvgIpc) is 2.67. The summed E-state index contributed by atoms with van der Waals surface area (Å²) in [5.74, 6) is 1.51. The van der Waals surface area contributed by atoms with Gasteiger partial charge in [-0.05, 0) is 0 Å². The maximum absolute atomic E-state index is 12.2. The number of hydrogen-bond donors (Lipinski definition) is 2. The first-order valence-corrected chi connectivity index (χ1v) is 11.9. The van der Waals surface area contributed by atoms with E-state index in [1.54, 1.807) is 0 Å². The van der Waals surface area contributed by atoms with E-state index in [9.17, 15) is 4.79 Å². The van der Waals surface area contributed by atoms with Crippen molar-refractivity contribution in [3.63, 3.8) is 0 Å². The van der Waals surface area contributed by atoms with Crippen LogP contribution in [0.3, 0.4) is 0 Å². The van der Waals surface area contributed by atoms with Gasteiger partial charge in [-0.3, -0.25) is 0 Å². The molecule has 2 unspecified atom stereocenters. The van der Waals surface area contributed by atoms with Crippen LogP contribution in [0.15, 0.2) is 41.5 Å². The van der Waals surface area contributed by atoms with E-state index in [2.05, 4.69) is 59.2 Å². The average molecular weight is 438 g/mol. The number of anilines is 1. The second-order valence-corrected chi connectivity index (χ2v) is 11.0.